The SMILES string of the molecule is COc1cc(C)c(-c2cn3cc(N4CCC(N)CC4)ccc3n2)cc1Cl. The van der Waals surface area contributed by atoms with Crippen LogP contribution >= 0.6 is 11.6 Å². The molecule has 6 heteroatoms. The first-order valence-corrected chi connectivity index (χ1v) is 9.27. The van der Waals surface area contributed by atoms with Crippen molar-refractivity contribution in [3.63, 3.8) is 0 Å². The van der Waals surface area contributed by atoms with Gasteiger partial charge in [-0.15, -0.1) is 0 Å². The molecule has 0 aliphatic carbocycles. The van der Waals surface area contributed by atoms with E-state index >= 15 is 0 Å². The Hall–Kier alpha value is -2.24. The second-order valence-electron chi connectivity index (χ2n) is 6.91. The molecule has 0 radical (unpaired) electrons. The van der Waals surface area contributed by atoms with Gasteiger partial charge in [-0.25, -0.2) is 4.98 Å². The average Bonchev–Trinajstić information content (AvgIpc) is 3.06. The Labute approximate surface area is 158 Å². The predicted octanol–water partition coefficient (Wildman–Crippen LogP) is 3.90. The number of halogens is 1. The molecule has 2 aromatic heterocycles. The number of benzene rings is 1. The fourth-order valence-electron chi connectivity index (χ4n) is 3.54. The fourth-order valence-corrected chi connectivity index (χ4v) is 3.78. The maximum atomic E-state index is 6.31. The molecule has 3 heterocycles. The Morgan fingerprint density at radius 1 is 1.19 bits per heavy atom. The zero-order valence-electron chi connectivity index (χ0n) is 15.1. The molecule has 0 amide bonds. The Balaban J connectivity index is 1.69. The lowest BCUT2D eigenvalue weighted by molar-refractivity contribution is 0.415. The summed E-state index contributed by atoms with van der Waals surface area (Å²) in [6.07, 6.45) is 6.27. The minimum Gasteiger partial charge on any atom is -0.495 e. The van der Waals surface area contributed by atoms with E-state index in [9.17, 15) is 0 Å². The van der Waals surface area contributed by atoms with E-state index in [1.165, 1.54) is 5.69 Å². The van der Waals surface area contributed by atoms with E-state index in [4.69, 9.17) is 27.1 Å². The second kappa shape index (κ2) is 6.82. The third kappa shape index (κ3) is 3.13. The van der Waals surface area contributed by atoms with Crippen LogP contribution in [0.3, 0.4) is 0 Å². The summed E-state index contributed by atoms with van der Waals surface area (Å²) in [6, 6.07) is 8.40. The Morgan fingerprint density at radius 2 is 1.96 bits per heavy atom. The van der Waals surface area contributed by atoms with Crippen LogP contribution in [0.4, 0.5) is 5.69 Å². The monoisotopic (exact) mass is 370 g/mol. The van der Waals surface area contributed by atoms with Gasteiger partial charge in [0, 0.05) is 37.1 Å². The standard InChI is InChI=1S/C20H23ClN4O/c1-13-9-19(26-2)17(21)10-16(13)18-12-25-11-15(3-4-20(25)23-18)24-7-5-14(22)6-8-24/h3-4,9-12,14H,5-8,22H2,1-2H3. The number of fused-ring (bicyclic) bond motifs is 1. The minimum absolute atomic E-state index is 0.331. The molecule has 1 fully saturated rings. The predicted molar refractivity (Wildman–Crippen MR) is 106 cm³/mol. The number of pyridine rings is 1. The number of hydrogen-bond acceptors (Lipinski definition) is 4. The molecular formula is C20H23ClN4O. The lowest BCUT2D eigenvalue weighted by atomic mass is 10.1. The van der Waals surface area contributed by atoms with Gasteiger partial charge in [-0.3, -0.25) is 0 Å². The van der Waals surface area contributed by atoms with Crippen LogP contribution in [0.25, 0.3) is 16.9 Å². The van der Waals surface area contributed by atoms with Crippen molar-refractivity contribution >= 4 is 22.9 Å². The number of nitrogens with zero attached hydrogens (tertiary/aromatic N) is 3. The van der Waals surface area contributed by atoms with Crippen molar-refractivity contribution in [3.05, 3.63) is 47.2 Å². The Morgan fingerprint density at radius 3 is 2.69 bits per heavy atom. The maximum absolute atomic E-state index is 6.31. The van der Waals surface area contributed by atoms with Crippen LogP contribution in [0.15, 0.2) is 36.7 Å². The lowest BCUT2D eigenvalue weighted by Gasteiger charge is -2.31. The molecule has 1 saturated heterocycles. The Bertz CT molecular complexity index is 944. The molecule has 1 aliphatic heterocycles. The molecule has 136 valence electrons. The smallest absolute Gasteiger partial charge is 0.137 e. The summed E-state index contributed by atoms with van der Waals surface area (Å²) in [5.41, 5.74) is 11.2. The van der Waals surface area contributed by atoms with Crippen LogP contribution in [-0.2, 0) is 0 Å². The molecule has 26 heavy (non-hydrogen) atoms. The number of hydrogen-bond donors (Lipinski definition) is 1. The third-order valence-corrected chi connectivity index (χ3v) is 5.41. The molecule has 1 aliphatic rings. The zero-order valence-corrected chi connectivity index (χ0v) is 15.8. The van der Waals surface area contributed by atoms with Crippen LogP contribution in [0.5, 0.6) is 5.75 Å². The van der Waals surface area contributed by atoms with E-state index in [1.807, 2.05) is 19.1 Å². The summed E-state index contributed by atoms with van der Waals surface area (Å²) in [5.74, 6) is 0.683. The van der Waals surface area contributed by atoms with Gasteiger partial charge in [0.2, 0.25) is 0 Å². The average molecular weight is 371 g/mol. The number of aromatic nitrogens is 2. The second-order valence-corrected chi connectivity index (χ2v) is 7.31. The van der Waals surface area contributed by atoms with Crippen molar-refractivity contribution in [1.29, 1.82) is 0 Å². The number of rotatable bonds is 3. The quantitative estimate of drug-likeness (QED) is 0.759. The molecule has 0 spiro atoms. The molecule has 0 unspecified atom stereocenters. The minimum atomic E-state index is 0.331. The molecule has 0 atom stereocenters. The van der Waals surface area contributed by atoms with Crippen molar-refractivity contribution in [3.8, 4) is 17.0 Å². The fraction of sp³-hybridized carbons (Fsp3) is 0.350. The highest BCUT2D eigenvalue weighted by Crippen LogP contribution is 2.33. The van der Waals surface area contributed by atoms with Crippen LogP contribution in [0.1, 0.15) is 18.4 Å². The van der Waals surface area contributed by atoms with E-state index in [2.05, 4.69) is 33.8 Å². The van der Waals surface area contributed by atoms with Crippen LogP contribution in [0, 0.1) is 6.92 Å². The van der Waals surface area contributed by atoms with Gasteiger partial charge in [0.15, 0.2) is 0 Å². The maximum Gasteiger partial charge on any atom is 0.137 e. The topological polar surface area (TPSA) is 55.8 Å². The highest BCUT2D eigenvalue weighted by Gasteiger charge is 2.17. The summed E-state index contributed by atoms with van der Waals surface area (Å²) in [4.78, 5) is 7.15. The van der Waals surface area contributed by atoms with Gasteiger partial charge in [-0.05, 0) is 49.6 Å². The van der Waals surface area contributed by atoms with E-state index in [0.29, 0.717) is 16.8 Å². The summed E-state index contributed by atoms with van der Waals surface area (Å²) in [5, 5.41) is 0.593. The van der Waals surface area contributed by atoms with Gasteiger partial charge in [0.25, 0.3) is 0 Å². The van der Waals surface area contributed by atoms with Crippen molar-refractivity contribution in [2.75, 3.05) is 25.1 Å². The van der Waals surface area contributed by atoms with Crippen LogP contribution in [0.2, 0.25) is 5.02 Å². The molecule has 5 nitrogen and oxygen atoms in total. The van der Waals surface area contributed by atoms with Gasteiger partial charge in [-0.1, -0.05) is 11.6 Å². The largest absolute Gasteiger partial charge is 0.495 e. The van der Waals surface area contributed by atoms with Crippen LogP contribution in [-0.4, -0.2) is 35.6 Å². The first-order chi connectivity index (χ1) is 12.5. The molecular weight excluding hydrogens is 348 g/mol. The normalized spacial score (nSPS) is 15.6. The van der Waals surface area contributed by atoms with Gasteiger partial charge >= 0.3 is 0 Å². The highest BCUT2D eigenvalue weighted by molar-refractivity contribution is 6.32. The molecule has 3 aromatic rings. The van der Waals surface area contributed by atoms with Crippen molar-refractivity contribution in [1.82, 2.24) is 9.38 Å². The summed E-state index contributed by atoms with van der Waals surface area (Å²) < 4.78 is 7.37. The summed E-state index contributed by atoms with van der Waals surface area (Å²) in [7, 11) is 1.63. The number of anilines is 1. The van der Waals surface area contributed by atoms with Gasteiger partial charge in [0.1, 0.15) is 11.4 Å². The molecule has 1 aromatic carbocycles. The Kier molecular flexibility index (Phi) is 4.51. The molecule has 0 bridgehead atoms. The lowest BCUT2D eigenvalue weighted by Crippen LogP contribution is -2.39. The van der Waals surface area contributed by atoms with Crippen molar-refractivity contribution < 1.29 is 4.74 Å². The van der Waals surface area contributed by atoms with Gasteiger partial charge in [-0.2, -0.15) is 0 Å². The number of methoxy groups -OCH3 is 1. The number of piperidine rings is 1. The highest BCUT2D eigenvalue weighted by atomic mass is 35.5. The first kappa shape index (κ1) is 17.2. The molecule has 4 rings (SSSR count). The molecule has 0 saturated carbocycles. The molecule has 2 N–H and O–H groups in total. The van der Waals surface area contributed by atoms with E-state index in [1.54, 1.807) is 7.11 Å². The zero-order chi connectivity index (χ0) is 18.3. The van der Waals surface area contributed by atoms with E-state index in [0.717, 1.165) is 48.4 Å². The van der Waals surface area contributed by atoms with E-state index in [-0.39, 0.29) is 0 Å². The van der Waals surface area contributed by atoms with Gasteiger partial charge in [0.05, 0.1) is 23.5 Å². The third-order valence-electron chi connectivity index (χ3n) is 5.11. The number of imidazole rings is 1. The number of nitrogens with two attached hydrogens (primary N) is 1. The summed E-state index contributed by atoms with van der Waals surface area (Å²) in [6.45, 7) is 4.05. The van der Waals surface area contributed by atoms with Crippen molar-refractivity contribution in [2.24, 2.45) is 5.73 Å². The van der Waals surface area contributed by atoms with Gasteiger partial charge < -0.3 is 19.8 Å². The number of ether oxygens (including phenoxy) is 1. The number of aryl methyl sites for hydroxylation is 1. The van der Waals surface area contributed by atoms with Crippen LogP contribution < -0.4 is 15.4 Å². The summed E-state index contributed by atoms with van der Waals surface area (Å²) >= 11 is 6.31. The first-order valence-electron chi connectivity index (χ1n) is 8.89. The van der Waals surface area contributed by atoms with Crippen molar-refractivity contribution in [2.45, 2.75) is 25.8 Å². The van der Waals surface area contributed by atoms with E-state index < -0.39 is 0 Å².